The van der Waals surface area contributed by atoms with Gasteiger partial charge in [-0.15, -0.1) is 0 Å². The maximum atomic E-state index is 14.9. The van der Waals surface area contributed by atoms with Gasteiger partial charge >= 0.3 is 12.3 Å². The summed E-state index contributed by atoms with van der Waals surface area (Å²) in [5.74, 6) is -2.38. The molecule has 9 nitrogen and oxygen atoms in total. The number of piperidine rings is 1. The topological polar surface area (TPSA) is 119 Å². The molecule has 3 atom stereocenters. The van der Waals surface area contributed by atoms with E-state index in [0.717, 1.165) is 18.6 Å². The highest BCUT2D eigenvalue weighted by Crippen LogP contribution is 2.48. The number of aromatic nitrogens is 2. The Labute approximate surface area is 202 Å². The fourth-order valence-electron chi connectivity index (χ4n) is 4.43. The Morgan fingerprint density at radius 2 is 1.69 bits per heavy atom. The van der Waals surface area contributed by atoms with E-state index in [9.17, 15) is 39.6 Å². The molecular weight excluding hydrogens is 524 g/mol. The molecule has 204 valence electrons. The molecule has 16 heteroatoms. The Morgan fingerprint density at radius 3 is 2.17 bits per heavy atom. The zero-order valence-corrected chi connectivity index (χ0v) is 19.8. The minimum absolute atomic E-state index is 0.0669. The van der Waals surface area contributed by atoms with Crippen molar-refractivity contribution in [1.29, 1.82) is 0 Å². The summed E-state index contributed by atoms with van der Waals surface area (Å²) in [6, 6.07) is 0. The third-order valence-corrected chi connectivity index (χ3v) is 7.34. The fourth-order valence-corrected chi connectivity index (χ4v) is 4.92. The van der Waals surface area contributed by atoms with Crippen molar-refractivity contribution < 1.29 is 54.1 Å². The van der Waals surface area contributed by atoms with Crippen LogP contribution in [0.2, 0.25) is 0 Å². The van der Waals surface area contributed by atoms with Crippen LogP contribution >= 0.6 is 0 Å². The van der Waals surface area contributed by atoms with Crippen LogP contribution in [-0.2, 0) is 14.6 Å². The summed E-state index contributed by atoms with van der Waals surface area (Å²) >= 11 is 0. The molecule has 2 aliphatic rings. The van der Waals surface area contributed by atoms with E-state index in [2.05, 4.69) is 9.97 Å². The standard InChI is InChI=1S/C20H25F6N3O6S/c1-36(32,33)16-9-27-15(8-28-16)35-12-4-2-11(3-5-12)34-14-6-7-29(18(30)31)10-13(14)19(23,17(21)22)20(24,25)26/h8-9,11-14,17H,2-7,10H2,1H3,(H,30,31)/t11-,12-,13?,14?,19?. The monoisotopic (exact) mass is 549 g/mol. The minimum atomic E-state index is -5.94. The van der Waals surface area contributed by atoms with Crippen LogP contribution in [0, 0.1) is 5.92 Å². The molecule has 1 saturated heterocycles. The zero-order chi connectivity index (χ0) is 26.9. The molecule has 1 aromatic heterocycles. The third-order valence-electron chi connectivity index (χ3n) is 6.37. The van der Waals surface area contributed by atoms with Crippen LogP contribution in [0.15, 0.2) is 17.4 Å². The Bertz CT molecular complexity index is 1020. The predicted molar refractivity (Wildman–Crippen MR) is 110 cm³/mol. The molecule has 1 amide bonds. The lowest BCUT2D eigenvalue weighted by Crippen LogP contribution is -2.63. The van der Waals surface area contributed by atoms with Crippen LogP contribution in [0.25, 0.3) is 0 Å². The summed E-state index contributed by atoms with van der Waals surface area (Å²) < 4.78 is 116. The summed E-state index contributed by atoms with van der Waals surface area (Å²) in [7, 11) is -3.54. The Balaban J connectivity index is 1.65. The lowest BCUT2D eigenvalue weighted by atomic mass is 9.80. The largest absolute Gasteiger partial charge is 0.473 e. The summed E-state index contributed by atoms with van der Waals surface area (Å²) in [4.78, 5) is 19.4. The molecule has 36 heavy (non-hydrogen) atoms. The average molecular weight is 549 g/mol. The van der Waals surface area contributed by atoms with Gasteiger partial charge in [0.05, 0.1) is 30.5 Å². The molecule has 0 spiro atoms. The first-order valence-corrected chi connectivity index (χ1v) is 12.9. The first-order chi connectivity index (χ1) is 16.6. The number of hydrogen-bond acceptors (Lipinski definition) is 7. The quantitative estimate of drug-likeness (QED) is 0.514. The molecule has 1 aromatic rings. The second-order valence-electron chi connectivity index (χ2n) is 8.85. The van der Waals surface area contributed by atoms with Crippen molar-refractivity contribution in [2.75, 3.05) is 19.3 Å². The summed E-state index contributed by atoms with van der Waals surface area (Å²) in [6.45, 7) is -1.37. The zero-order valence-electron chi connectivity index (χ0n) is 19.0. The van der Waals surface area contributed by atoms with Crippen LogP contribution in [-0.4, -0.2) is 90.4 Å². The number of hydrogen-bond donors (Lipinski definition) is 1. The molecule has 0 radical (unpaired) electrons. The highest BCUT2D eigenvalue weighted by atomic mass is 32.2. The SMILES string of the molecule is CS(=O)(=O)c1cnc(O[C@H]2CC[C@H](OC3CCN(C(=O)O)CC3C(F)(C(F)F)C(F)(F)F)CC2)cn1. The average Bonchev–Trinajstić information content (AvgIpc) is 2.79. The van der Waals surface area contributed by atoms with Crippen LogP contribution in [0.4, 0.5) is 31.1 Å². The van der Waals surface area contributed by atoms with Gasteiger partial charge in [0.15, 0.2) is 14.9 Å². The van der Waals surface area contributed by atoms with Crippen LogP contribution < -0.4 is 4.74 Å². The van der Waals surface area contributed by atoms with E-state index in [4.69, 9.17) is 14.6 Å². The maximum absolute atomic E-state index is 14.9. The van der Waals surface area contributed by atoms with E-state index in [-0.39, 0.29) is 36.7 Å². The van der Waals surface area contributed by atoms with E-state index < -0.39 is 65.0 Å². The number of rotatable bonds is 7. The lowest BCUT2D eigenvalue weighted by molar-refractivity contribution is -0.304. The van der Waals surface area contributed by atoms with Gasteiger partial charge in [0.2, 0.25) is 5.88 Å². The first-order valence-electron chi connectivity index (χ1n) is 11.0. The summed E-state index contributed by atoms with van der Waals surface area (Å²) in [5.41, 5.74) is -4.94. The van der Waals surface area contributed by atoms with Crippen molar-refractivity contribution in [1.82, 2.24) is 14.9 Å². The number of carbonyl (C=O) groups is 1. The highest BCUT2D eigenvalue weighted by molar-refractivity contribution is 7.90. The lowest BCUT2D eigenvalue weighted by Gasteiger charge is -2.45. The van der Waals surface area contributed by atoms with Crippen LogP contribution in [0.3, 0.4) is 0 Å². The van der Waals surface area contributed by atoms with E-state index >= 15 is 0 Å². The van der Waals surface area contributed by atoms with Gasteiger partial charge in [-0.05, 0) is 32.1 Å². The van der Waals surface area contributed by atoms with Gasteiger partial charge in [0.1, 0.15) is 6.10 Å². The van der Waals surface area contributed by atoms with Crippen molar-refractivity contribution in [3.05, 3.63) is 12.4 Å². The van der Waals surface area contributed by atoms with Crippen molar-refractivity contribution in [2.24, 2.45) is 5.92 Å². The maximum Gasteiger partial charge on any atom is 0.428 e. The molecule has 1 saturated carbocycles. The van der Waals surface area contributed by atoms with Gasteiger partial charge in [0, 0.05) is 19.3 Å². The van der Waals surface area contributed by atoms with Gasteiger partial charge in [0.25, 0.3) is 12.1 Å². The summed E-state index contributed by atoms with van der Waals surface area (Å²) in [5, 5.41) is 8.88. The number of carboxylic acid groups (broad SMARTS) is 1. The van der Waals surface area contributed by atoms with Crippen molar-refractivity contribution >= 4 is 15.9 Å². The van der Waals surface area contributed by atoms with E-state index in [0.29, 0.717) is 17.7 Å². The van der Waals surface area contributed by atoms with Gasteiger partial charge in [-0.2, -0.15) is 13.2 Å². The molecule has 3 rings (SSSR count). The van der Waals surface area contributed by atoms with Crippen molar-refractivity contribution in [3.63, 3.8) is 0 Å². The van der Waals surface area contributed by atoms with Gasteiger partial charge in [-0.3, -0.25) is 0 Å². The van der Waals surface area contributed by atoms with Crippen LogP contribution in [0.1, 0.15) is 32.1 Å². The number of amides is 1. The van der Waals surface area contributed by atoms with Crippen molar-refractivity contribution in [3.8, 4) is 5.88 Å². The number of sulfone groups is 1. The normalized spacial score (nSPS) is 27.5. The van der Waals surface area contributed by atoms with Crippen molar-refractivity contribution in [2.45, 2.75) is 73.7 Å². The van der Waals surface area contributed by atoms with E-state index in [1.165, 1.54) is 0 Å². The Morgan fingerprint density at radius 1 is 1.08 bits per heavy atom. The molecule has 2 fully saturated rings. The number of alkyl halides is 6. The van der Waals surface area contributed by atoms with Gasteiger partial charge < -0.3 is 19.5 Å². The first kappa shape index (κ1) is 28.2. The van der Waals surface area contributed by atoms with Gasteiger partial charge in [-0.25, -0.2) is 36.4 Å². The van der Waals surface area contributed by atoms with E-state index in [1.807, 2.05) is 0 Å². The predicted octanol–water partition coefficient (Wildman–Crippen LogP) is 3.49. The molecule has 1 aliphatic heterocycles. The second-order valence-corrected chi connectivity index (χ2v) is 10.8. The minimum Gasteiger partial charge on any atom is -0.473 e. The summed E-state index contributed by atoms with van der Waals surface area (Å²) in [6.07, 6.45) is -10.7. The third kappa shape index (κ3) is 6.12. The van der Waals surface area contributed by atoms with Crippen LogP contribution in [0.5, 0.6) is 5.88 Å². The number of ether oxygens (including phenoxy) is 2. The molecule has 1 aliphatic carbocycles. The molecule has 3 unspecified atom stereocenters. The number of halogens is 6. The van der Waals surface area contributed by atoms with E-state index in [1.54, 1.807) is 0 Å². The second kappa shape index (κ2) is 10.6. The molecular formula is C20H25F6N3O6S. The molecule has 2 heterocycles. The fraction of sp³-hybridized carbons (Fsp3) is 0.750. The smallest absolute Gasteiger partial charge is 0.428 e. The number of nitrogens with zero attached hydrogens (tertiary/aromatic N) is 3. The Kier molecular flexibility index (Phi) is 8.27. The number of likely N-dealkylation sites (tertiary alicyclic amines) is 1. The van der Waals surface area contributed by atoms with Gasteiger partial charge in [-0.1, -0.05) is 0 Å². The highest BCUT2D eigenvalue weighted by Gasteiger charge is 2.69. The Hall–Kier alpha value is -2.36. The molecule has 0 aromatic carbocycles. The molecule has 0 bridgehead atoms. The molecule has 1 N–H and O–H groups in total.